The van der Waals surface area contributed by atoms with Gasteiger partial charge in [0.2, 0.25) is 5.82 Å². The molecule has 3 aliphatic rings. The Morgan fingerprint density at radius 2 is 1.96 bits per heavy atom. The van der Waals surface area contributed by atoms with E-state index in [1.165, 1.54) is 6.42 Å². The minimum atomic E-state index is -0.0572. The average Bonchev–Trinajstić information content (AvgIpc) is 3.47. The highest BCUT2D eigenvalue weighted by Gasteiger charge is 2.40. The zero-order chi connectivity index (χ0) is 19.1. The van der Waals surface area contributed by atoms with Crippen molar-refractivity contribution in [2.75, 3.05) is 26.3 Å². The number of rotatable bonds is 3. The van der Waals surface area contributed by atoms with Gasteiger partial charge in [0, 0.05) is 32.2 Å². The zero-order valence-corrected chi connectivity index (χ0v) is 16.7. The summed E-state index contributed by atoms with van der Waals surface area (Å²) in [6.45, 7) is 3.16. The van der Waals surface area contributed by atoms with E-state index in [2.05, 4.69) is 10.1 Å². The third-order valence-corrected chi connectivity index (χ3v) is 6.67. The van der Waals surface area contributed by atoms with E-state index in [-0.39, 0.29) is 11.3 Å². The van der Waals surface area contributed by atoms with Gasteiger partial charge in [0.15, 0.2) is 0 Å². The summed E-state index contributed by atoms with van der Waals surface area (Å²) in [4.78, 5) is 19.9. The number of piperidine rings is 1. The first-order valence-corrected chi connectivity index (χ1v) is 10.6. The van der Waals surface area contributed by atoms with E-state index >= 15 is 0 Å². The largest absolute Gasteiger partial charge is 0.381 e. The van der Waals surface area contributed by atoms with E-state index in [4.69, 9.17) is 16.3 Å². The van der Waals surface area contributed by atoms with Crippen LogP contribution in [0.25, 0.3) is 5.69 Å². The van der Waals surface area contributed by atoms with Crippen LogP contribution in [0.3, 0.4) is 0 Å². The number of nitrogens with zero attached hydrogens (tertiary/aromatic N) is 4. The molecule has 0 atom stereocenters. The average molecular weight is 401 g/mol. The van der Waals surface area contributed by atoms with Crippen LogP contribution in [-0.4, -0.2) is 51.9 Å². The van der Waals surface area contributed by atoms with Crippen molar-refractivity contribution < 1.29 is 9.53 Å². The first-order chi connectivity index (χ1) is 13.7. The second-order valence-corrected chi connectivity index (χ2v) is 8.78. The molecule has 2 aromatic rings. The number of hydrogen-bond acceptors (Lipinski definition) is 4. The fraction of sp³-hybridized carbons (Fsp3) is 0.571. The molecule has 0 unspecified atom stereocenters. The maximum absolute atomic E-state index is 13.3. The van der Waals surface area contributed by atoms with Gasteiger partial charge in [0.1, 0.15) is 5.82 Å². The third kappa shape index (κ3) is 3.33. The smallest absolute Gasteiger partial charge is 0.293 e. The summed E-state index contributed by atoms with van der Waals surface area (Å²) < 4.78 is 7.33. The summed E-state index contributed by atoms with van der Waals surface area (Å²) in [6, 6.07) is 7.60. The molecule has 1 aromatic heterocycles. The van der Waals surface area contributed by atoms with Gasteiger partial charge >= 0.3 is 0 Å². The second-order valence-electron chi connectivity index (χ2n) is 8.37. The molecule has 1 spiro atoms. The van der Waals surface area contributed by atoms with Crippen LogP contribution < -0.4 is 0 Å². The van der Waals surface area contributed by atoms with E-state index in [0.717, 1.165) is 69.9 Å². The van der Waals surface area contributed by atoms with E-state index in [0.29, 0.717) is 16.8 Å². The first kappa shape index (κ1) is 18.1. The SMILES string of the molecule is O=C(c1nc(C2CC2)n(-c2ccccc2Cl)n1)N1CCCC2(CCOCC2)C1. The number of amides is 1. The lowest BCUT2D eigenvalue weighted by Crippen LogP contribution is -2.48. The Hall–Kier alpha value is -1.92. The normalized spacial score (nSPS) is 21.8. The van der Waals surface area contributed by atoms with Crippen LogP contribution in [0.15, 0.2) is 24.3 Å². The number of para-hydroxylation sites is 1. The summed E-state index contributed by atoms with van der Waals surface area (Å²) in [5.41, 5.74) is 0.994. The molecule has 1 aromatic carbocycles. The predicted molar refractivity (Wildman–Crippen MR) is 106 cm³/mol. The van der Waals surface area contributed by atoms with Crippen molar-refractivity contribution in [2.45, 2.75) is 44.4 Å². The van der Waals surface area contributed by atoms with Crippen LogP contribution in [-0.2, 0) is 4.74 Å². The van der Waals surface area contributed by atoms with Crippen molar-refractivity contribution in [2.24, 2.45) is 5.41 Å². The van der Waals surface area contributed by atoms with Crippen molar-refractivity contribution in [3.63, 3.8) is 0 Å². The number of benzene rings is 1. The summed E-state index contributed by atoms with van der Waals surface area (Å²) in [6.07, 6.45) is 6.45. The molecule has 5 rings (SSSR count). The molecule has 7 heteroatoms. The molecule has 148 valence electrons. The lowest BCUT2D eigenvalue weighted by atomic mass is 9.74. The van der Waals surface area contributed by atoms with Gasteiger partial charge in [0.05, 0.1) is 10.7 Å². The van der Waals surface area contributed by atoms with Gasteiger partial charge in [-0.05, 0) is 56.1 Å². The van der Waals surface area contributed by atoms with Gasteiger partial charge in [-0.25, -0.2) is 9.67 Å². The minimum Gasteiger partial charge on any atom is -0.381 e. The summed E-state index contributed by atoms with van der Waals surface area (Å²) >= 11 is 6.39. The summed E-state index contributed by atoms with van der Waals surface area (Å²) in [5, 5.41) is 5.23. The Bertz CT molecular complexity index is 881. The molecule has 1 amide bonds. The molecule has 3 heterocycles. The van der Waals surface area contributed by atoms with Crippen LogP contribution in [0.5, 0.6) is 0 Å². The van der Waals surface area contributed by atoms with Gasteiger partial charge in [-0.15, -0.1) is 5.10 Å². The lowest BCUT2D eigenvalue weighted by Gasteiger charge is -2.44. The van der Waals surface area contributed by atoms with Gasteiger partial charge < -0.3 is 9.64 Å². The van der Waals surface area contributed by atoms with E-state index in [9.17, 15) is 4.79 Å². The number of likely N-dealkylation sites (tertiary alicyclic amines) is 1. The fourth-order valence-electron chi connectivity index (χ4n) is 4.56. The molecule has 2 aliphatic heterocycles. The topological polar surface area (TPSA) is 60.2 Å². The minimum absolute atomic E-state index is 0.0572. The standard InChI is InChI=1S/C21H25ClN4O2/c22-16-4-1-2-5-17(16)26-19(15-6-7-15)23-18(24-26)20(27)25-11-3-8-21(14-25)9-12-28-13-10-21/h1-2,4-5,15H,3,6-14H2. The van der Waals surface area contributed by atoms with Gasteiger partial charge in [-0.3, -0.25) is 4.79 Å². The van der Waals surface area contributed by atoms with Crippen molar-refractivity contribution in [1.29, 1.82) is 0 Å². The predicted octanol–water partition coefficient (Wildman–Crippen LogP) is 3.83. The van der Waals surface area contributed by atoms with Crippen LogP contribution in [0.1, 0.15) is 60.9 Å². The highest BCUT2D eigenvalue weighted by Crippen LogP contribution is 2.41. The van der Waals surface area contributed by atoms with Gasteiger partial charge in [-0.1, -0.05) is 23.7 Å². The number of carbonyl (C=O) groups excluding carboxylic acids is 1. The Labute approximate surface area is 169 Å². The van der Waals surface area contributed by atoms with E-state index in [1.807, 2.05) is 29.2 Å². The van der Waals surface area contributed by atoms with Crippen LogP contribution in [0.4, 0.5) is 0 Å². The van der Waals surface area contributed by atoms with Crippen LogP contribution in [0, 0.1) is 5.41 Å². The van der Waals surface area contributed by atoms with Gasteiger partial charge in [0.25, 0.3) is 5.91 Å². The summed E-state index contributed by atoms with van der Waals surface area (Å²) in [5.74, 6) is 1.46. The number of ether oxygens (including phenoxy) is 1. The molecule has 0 radical (unpaired) electrons. The number of aromatic nitrogens is 3. The molecule has 0 bridgehead atoms. The van der Waals surface area contributed by atoms with Crippen molar-refractivity contribution in [1.82, 2.24) is 19.7 Å². The molecule has 28 heavy (non-hydrogen) atoms. The number of halogens is 1. The quantitative estimate of drug-likeness (QED) is 0.785. The molecule has 6 nitrogen and oxygen atoms in total. The molecule has 2 saturated heterocycles. The highest BCUT2D eigenvalue weighted by molar-refractivity contribution is 6.32. The highest BCUT2D eigenvalue weighted by atomic mass is 35.5. The van der Waals surface area contributed by atoms with Crippen LogP contribution in [0.2, 0.25) is 5.02 Å². The number of carbonyl (C=O) groups is 1. The second kappa shape index (κ2) is 7.16. The maximum atomic E-state index is 13.3. The lowest BCUT2D eigenvalue weighted by molar-refractivity contribution is -0.0232. The van der Waals surface area contributed by atoms with E-state index < -0.39 is 0 Å². The Balaban J connectivity index is 1.44. The van der Waals surface area contributed by atoms with Crippen molar-refractivity contribution in [3.05, 3.63) is 40.9 Å². The van der Waals surface area contributed by atoms with Crippen LogP contribution >= 0.6 is 11.6 Å². The molecule has 3 fully saturated rings. The fourth-order valence-corrected chi connectivity index (χ4v) is 4.77. The summed E-state index contributed by atoms with van der Waals surface area (Å²) in [7, 11) is 0. The first-order valence-electron chi connectivity index (χ1n) is 10.2. The number of hydrogen-bond donors (Lipinski definition) is 0. The zero-order valence-electron chi connectivity index (χ0n) is 15.9. The molecular weight excluding hydrogens is 376 g/mol. The molecule has 0 N–H and O–H groups in total. The Morgan fingerprint density at radius 3 is 2.71 bits per heavy atom. The molecular formula is C21H25ClN4O2. The monoisotopic (exact) mass is 400 g/mol. The molecule has 1 saturated carbocycles. The van der Waals surface area contributed by atoms with Gasteiger partial charge in [-0.2, -0.15) is 0 Å². The Kier molecular flexibility index (Phi) is 4.63. The van der Waals surface area contributed by atoms with Crippen molar-refractivity contribution >= 4 is 17.5 Å². The maximum Gasteiger partial charge on any atom is 0.293 e. The Morgan fingerprint density at radius 1 is 1.18 bits per heavy atom. The molecule has 1 aliphatic carbocycles. The third-order valence-electron chi connectivity index (χ3n) is 6.35. The van der Waals surface area contributed by atoms with Crippen molar-refractivity contribution in [3.8, 4) is 5.69 Å². The van der Waals surface area contributed by atoms with E-state index in [1.54, 1.807) is 4.68 Å².